The summed E-state index contributed by atoms with van der Waals surface area (Å²) in [7, 11) is 0. The number of furan rings is 1. The number of unbranched alkanes of at least 4 members (excludes halogenated alkanes) is 1. The molecule has 0 aliphatic heterocycles. The molecule has 0 saturated heterocycles. The normalized spacial score (nSPS) is 10.5. The molecule has 2 aromatic rings. The van der Waals surface area contributed by atoms with E-state index in [0.717, 1.165) is 29.9 Å². The Balaban J connectivity index is 1.68. The largest absolute Gasteiger partial charge is 0.478 e. The maximum Gasteiger partial charge on any atom is 0.338 e. The van der Waals surface area contributed by atoms with Crippen LogP contribution < -0.4 is 5.32 Å². The van der Waals surface area contributed by atoms with Crippen LogP contribution in [0.2, 0.25) is 4.34 Å². The summed E-state index contributed by atoms with van der Waals surface area (Å²) in [5.41, 5.74) is -0.0327. The van der Waals surface area contributed by atoms with Crippen LogP contribution in [-0.4, -0.2) is 23.5 Å². The van der Waals surface area contributed by atoms with E-state index in [2.05, 4.69) is 5.32 Å². The minimum Gasteiger partial charge on any atom is -0.478 e. The molecular formula is C14H14ClNO4S. The third kappa shape index (κ3) is 4.61. The van der Waals surface area contributed by atoms with Gasteiger partial charge >= 0.3 is 5.97 Å². The summed E-state index contributed by atoms with van der Waals surface area (Å²) in [5, 5.41) is 11.4. The van der Waals surface area contributed by atoms with Crippen molar-refractivity contribution in [2.45, 2.75) is 19.3 Å². The van der Waals surface area contributed by atoms with Gasteiger partial charge in [0.1, 0.15) is 6.26 Å². The first-order chi connectivity index (χ1) is 10.1. The predicted octanol–water partition coefficient (Wildman–Crippen LogP) is 3.45. The predicted molar refractivity (Wildman–Crippen MR) is 80.3 cm³/mol. The van der Waals surface area contributed by atoms with E-state index in [1.54, 1.807) is 11.3 Å². The lowest BCUT2D eigenvalue weighted by Gasteiger charge is -2.02. The molecule has 2 heterocycles. The van der Waals surface area contributed by atoms with Crippen molar-refractivity contribution in [2.24, 2.45) is 0 Å². The zero-order valence-corrected chi connectivity index (χ0v) is 12.7. The molecule has 2 aromatic heterocycles. The van der Waals surface area contributed by atoms with E-state index in [9.17, 15) is 9.59 Å². The Labute approximate surface area is 130 Å². The maximum absolute atomic E-state index is 11.7. The molecule has 0 spiro atoms. The van der Waals surface area contributed by atoms with E-state index in [4.69, 9.17) is 21.1 Å². The number of carboxylic acids is 1. The number of nitrogens with one attached hydrogen (secondary N) is 1. The number of carbonyl (C=O) groups excluding carboxylic acids is 1. The van der Waals surface area contributed by atoms with Crippen molar-refractivity contribution >= 4 is 34.8 Å². The lowest BCUT2D eigenvalue weighted by Crippen LogP contribution is -2.24. The van der Waals surface area contributed by atoms with Crippen molar-refractivity contribution in [2.75, 3.05) is 6.54 Å². The van der Waals surface area contributed by atoms with Crippen LogP contribution in [0.25, 0.3) is 0 Å². The van der Waals surface area contributed by atoms with E-state index in [0.29, 0.717) is 6.54 Å². The highest BCUT2D eigenvalue weighted by Gasteiger charge is 2.13. The van der Waals surface area contributed by atoms with E-state index >= 15 is 0 Å². The number of aryl methyl sites for hydroxylation is 1. The Morgan fingerprint density at radius 3 is 2.76 bits per heavy atom. The van der Waals surface area contributed by atoms with Gasteiger partial charge in [-0.1, -0.05) is 11.6 Å². The highest BCUT2D eigenvalue weighted by molar-refractivity contribution is 7.16. The molecular weight excluding hydrogens is 314 g/mol. The third-order valence-electron chi connectivity index (χ3n) is 2.83. The van der Waals surface area contributed by atoms with Crippen molar-refractivity contribution in [3.63, 3.8) is 0 Å². The second-order valence-electron chi connectivity index (χ2n) is 4.42. The molecule has 0 aromatic carbocycles. The highest BCUT2D eigenvalue weighted by Crippen LogP contribution is 2.22. The van der Waals surface area contributed by atoms with E-state index in [-0.39, 0.29) is 11.3 Å². The number of rotatable bonds is 7. The first kappa shape index (κ1) is 15.6. The number of hydrogen-bond donors (Lipinski definition) is 2. The van der Waals surface area contributed by atoms with Gasteiger partial charge in [0.05, 0.1) is 9.90 Å². The van der Waals surface area contributed by atoms with Crippen LogP contribution in [0.15, 0.2) is 28.9 Å². The monoisotopic (exact) mass is 327 g/mol. The lowest BCUT2D eigenvalue weighted by molar-refractivity contribution is 0.0696. The third-order valence-corrected chi connectivity index (χ3v) is 4.13. The zero-order valence-electron chi connectivity index (χ0n) is 11.1. The molecule has 1 amide bonds. The van der Waals surface area contributed by atoms with Gasteiger partial charge < -0.3 is 14.8 Å². The topological polar surface area (TPSA) is 79.5 Å². The number of amides is 1. The van der Waals surface area contributed by atoms with Gasteiger partial charge in [-0.15, -0.1) is 11.3 Å². The second-order valence-corrected chi connectivity index (χ2v) is 6.22. The van der Waals surface area contributed by atoms with Gasteiger partial charge in [-0.25, -0.2) is 4.79 Å². The summed E-state index contributed by atoms with van der Waals surface area (Å²) >= 11 is 7.41. The summed E-state index contributed by atoms with van der Waals surface area (Å²) in [5.74, 6) is -1.51. The Hall–Kier alpha value is -1.79. The van der Waals surface area contributed by atoms with Gasteiger partial charge in [-0.3, -0.25) is 4.79 Å². The number of aromatic carboxylic acids is 1. The molecule has 2 rings (SSSR count). The van der Waals surface area contributed by atoms with E-state index in [1.165, 1.54) is 10.9 Å². The molecule has 0 saturated carbocycles. The fraction of sp³-hybridized carbons (Fsp3) is 0.286. The number of thiophene rings is 1. The SMILES string of the molecule is O=C(O)c1coc(C(=O)NCCCCc2ccc(Cl)s2)c1. The molecule has 0 bridgehead atoms. The standard InChI is InChI=1S/C14H14ClNO4S/c15-12-5-4-10(21-12)3-1-2-6-16-13(17)11-7-9(8-20-11)14(18)19/h4-5,7-8H,1-3,6H2,(H,16,17)(H,18,19). The number of carbonyl (C=O) groups is 2. The Kier molecular flexibility index (Phi) is 5.41. The fourth-order valence-corrected chi connectivity index (χ4v) is 2.90. The molecule has 5 nitrogen and oxygen atoms in total. The van der Waals surface area contributed by atoms with E-state index < -0.39 is 11.9 Å². The Morgan fingerprint density at radius 2 is 2.14 bits per heavy atom. The average molecular weight is 328 g/mol. The fourth-order valence-electron chi connectivity index (χ4n) is 1.77. The molecule has 0 aliphatic carbocycles. The van der Waals surface area contributed by atoms with Crippen LogP contribution in [0.4, 0.5) is 0 Å². The van der Waals surface area contributed by atoms with Crippen LogP contribution >= 0.6 is 22.9 Å². The average Bonchev–Trinajstić information content (AvgIpc) is 3.07. The first-order valence-corrected chi connectivity index (χ1v) is 7.60. The van der Waals surface area contributed by atoms with Gasteiger partial charge in [0.25, 0.3) is 5.91 Å². The molecule has 7 heteroatoms. The molecule has 0 aliphatic rings. The Bertz CT molecular complexity index is 634. The smallest absolute Gasteiger partial charge is 0.338 e. The molecule has 112 valence electrons. The van der Waals surface area contributed by atoms with Crippen molar-refractivity contribution in [1.29, 1.82) is 0 Å². The minimum absolute atomic E-state index is 0.0115. The second kappa shape index (κ2) is 7.28. The Morgan fingerprint density at radius 1 is 1.33 bits per heavy atom. The lowest BCUT2D eigenvalue weighted by atomic mass is 10.2. The molecule has 0 unspecified atom stereocenters. The van der Waals surface area contributed by atoms with Gasteiger partial charge in [0.2, 0.25) is 0 Å². The van der Waals surface area contributed by atoms with Crippen molar-refractivity contribution in [3.05, 3.63) is 45.0 Å². The van der Waals surface area contributed by atoms with Crippen LogP contribution in [0, 0.1) is 0 Å². The van der Waals surface area contributed by atoms with Crippen molar-refractivity contribution in [1.82, 2.24) is 5.32 Å². The number of carboxylic acid groups (broad SMARTS) is 1. The van der Waals surface area contributed by atoms with E-state index in [1.807, 2.05) is 12.1 Å². The summed E-state index contributed by atoms with van der Waals surface area (Å²) < 4.78 is 5.69. The summed E-state index contributed by atoms with van der Waals surface area (Å²) in [6.45, 7) is 0.515. The van der Waals surface area contributed by atoms with Crippen LogP contribution in [0.1, 0.15) is 38.6 Å². The maximum atomic E-state index is 11.7. The minimum atomic E-state index is -1.12. The molecule has 21 heavy (non-hydrogen) atoms. The molecule has 0 atom stereocenters. The number of hydrogen-bond acceptors (Lipinski definition) is 4. The summed E-state index contributed by atoms with van der Waals surface area (Å²) in [4.78, 5) is 23.6. The van der Waals surface area contributed by atoms with Crippen molar-refractivity contribution in [3.8, 4) is 0 Å². The first-order valence-electron chi connectivity index (χ1n) is 6.40. The molecule has 0 fully saturated rings. The summed E-state index contributed by atoms with van der Waals surface area (Å²) in [6.07, 6.45) is 3.75. The molecule has 2 N–H and O–H groups in total. The quantitative estimate of drug-likeness (QED) is 0.763. The summed E-state index contributed by atoms with van der Waals surface area (Å²) in [6, 6.07) is 5.09. The van der Waals surface area contributed by atoms with Gasteiger partial charge in [-0.05, 0) is 31.4 Å². The van der Waals surface area contributed by atoms with Gasteiger partial charge in [0, 0.05) is 17.5 Å². The molecule has 0 radical (unpaired) electrons. The van der Waals surface area contributed by atoms with Crippen LogP contribution in [-0.2, 0) is 6.42 Å². The van der Waals surface area contributed by atoms with Crippen LogP contribution in [0.3, 0.4) is 0 Å². The highest BCUT2D eigenvalue weighted by atomic mass is 35.5. The zero-order chi connectivity index (χ0) is 15.2. The van der Waals surface area contributed by atoms with Gasteiger partial charge in [-0.2, -0.15) is 0 Å². The number of halogens is 1. The van der Waals surface area contributed by atoms with Crippen LogP contribution in [0.5, 0.6) is 0 Å². The van der Waals surface area contributed by atoms with Gasteiger partial charge in [0.15, 0.2) is 5.76 Å². The van der Waals surface area contributed by atoms with Crippen molar-refractivity contribution < 1.29 is 19.1 Å².